The Labute approximate surface area is 122 Å². The molecule has 21 heavy (non-hydrogen) atoms. The van der Waals surface area contributed by atoms with Crippen LogP contribution in [0.25, 0.3) is 0 Å². The molecule has 2 N–H and O–H groups in total. The van der Waals surface area contributed by atoms with Crippen LogP contribution in [0.5, 0.6) is 5.75 Å². The maximum atomic E-state index is 12.5. The van der Waals surface area contributed by atoms with E-state index in [1.54, 1.807) is 31.3 Å². The fourth-order valence-corrected chi connectivity index (χ4v) is 2.46. The van der Waals surface area contributed by atoms with Gasteiger partial charge in [-0.2, -0.15) is 0 Å². The highest BCUT2D eigenvalue weighted by Crippen LogP contribution is 2.29. The minimum absolute atomic E-state index is 0.00922. The molecule has 2 amide bonds. The second-order valence-corrected chi connectivity index (χ2v) is 4.91. The first-order valence-electron chi connectivity index (χ1n) is 6.54. The van der Waals surface area contributed by atoms with Crippen molar-refractivity contribution >= 4 is 17.7 Å². The van der Waals surface area contributed by atoms with Crippen molar-refractivity contribution in [2.75, 3.05) is 25.6 Å². The van der Waals surface area contributed by atoms with Gasteiger partial charge < -0.3 is 19.8 Å². The molecule has 0 radical (unpaired) electrons. The number of hydrogen-bond donors (Lipinski definition) is 2. The van der Waals surface area contributed by atoms with Crippen LogP contribution >= 0.6 is 0 Å². The number of methoxy groups -OCH3 is 1. The van der Waals surface area contributed by atoms with Crippen LogP contribution in [0.4, 0.5) is 10.5 Å². The number of para-hydroxylation sites is 2. The number of hydrogen-bond acceptors (Lipinski definition) is 4. The zero-order chi connectivity index (χ0) is 15.6. The Bertz CT molecular complexity index is 548. The van der Waals surface area contributed by atoms with Crippen LogP contribution in [0, 0.1) is 0 Å². The number of ether oxygens (including phenoxy) is 1. The van der Waals surface area contributed by atoms with Gasteiger partial charge in [-0.15, -0.1) is 0 Å². The number of aliphatic hydroxyl groups excluding tert-OH is 1. The summed E-state index contributed by atoms with van der Waals surface area (Å²) in [6, 6.07) is 5.47. The van der Waals surface area contributed by atoms with E-state index in [4.69, 9.17) is 9.84 Å². The maximum Gasteiger partial charge on any atom is 0.326 e. The number of β-amino-alcohol motifs (C(OH)–C–C–N with tert-alkyl or cyclic N) is 1. The smallest absolute Gasteiger partial charge is 0.326 e. The summed E-state index contributed by atoms with van der Waals surface area (Å²) in [4.78, 5) is 26.2. The van der Waals surface area contributed by atoms with Crippen molar-refractivity contribution < 1.29 is 24.5 Å². The average Bonchev–Trinajstić information content (AvgIpc) is 2.88. The number of rotatable bonds is 3. The Morgan fingerprint density at radius 2 is 2.05 bits per heavy atom. The monoisotopic (exact) mass is 294 g/mol. The predicted octanol–water partition coefficient (Wildman–Crippen LogP) is 0.771. The lowest BCUT2D eigenvalue weighted by Crippen LogP contribution is -2.47. The molecule has 1 saturated heterocycles. The van der Waals surface area contributed by atoms with Gasteiger partial charge in [0.15, 0.2) is 0 Å². The normalized spacial score (nSPS) is 21.2. The molecule has 1 aromatic carbocycles. The van der Waals surface area contributed by atoms with E-state index < -0.39 is 24.1 Å². The van der Waals surface area contributed by atoms with E-state index >= 15 is 0 Å². The molecule has 1 heterocycles. The molecule has 2 atom stereocenters. The quantitative estimate of drug-likeness (QED) is 0.859. The third kappa shape index (κ3) is 2.92. The minimum Gasteiger partial charge on any atom is -0.495 e. The number of amides is 2. The lowest BCUT2D eigenvalue weighted by Gasteiger charge is -2.28. The minimum atomic E-state index is -1.12. The van der Waals surface area contributed by atoms with E-state index in [1.807, 2.05) is 0 Å². The number of likely N-dealkylation sites (tertiary alicyclic amines) is 1. The zero-order valence-corrected chi connectivity index (χ0v) is 11.9. The third-order valence-electron chi connectivity index (χ3n) is 3.54. The zero-order valence-electron chi connectivity index (χ0n) is 11.9. The number of carboxylic acids is 1. The van der Waals surface area contributed by atoms with Gasteiger partial charge in [0, 0.05) is 20.0 Å². The topological polar surface area (TPSA) is 90.3 Å². The Morgan fingerprint density at radius 3 is 2.67 bits per heavy atom. The molecule has 1 fully saturated rings. The van der Waals surface area contributed by atoms with Gasteiger partial charge in [-0.05, 0) is 12.1 Å². The van der Waals surface area contributed by atoms with E-state index in [0.29, 0.717) is 11.4 Å². The van der Waals surface area contributed by atoms with Gasteiger partial charge in [-0.1, -0.05) is 12.1 Å². The van der Waals surface area contributed by atoms with Gasteiger partial charge in [0.05, 0.1) is 18.9 Å². The predicted molar refractivity (Wildman–Crippen MR) is 75.5 cm³/mol. The van der Waals surface area contributed by atoms with E-state index in [9.17, 15) is 14.7 Å². The number of carbonyl (C=O) groups excluding carboxylic acids is 1. The van der Waals surface area contributed by atoms with Crippen LogP contribution in [-0.2, 0) is 4.79 Å². The summed E-state index contributed by atoms with van der Waals surface area (Å²) in [5.74, 6) is -0.603. The van der Waals surface area contributed by atoms with Crippen molar-refractivity contribution in [1.29, 1.82) is 0 Å². The molecule has 114 valence electrons. The standard InChI is InChI=1S/C14H18N2O5/c1-15(10-5-3-4-6-12(10)21-2)14(20)16-8-9(17)7-11(16)13(18)19/h3-6,9,11,17H,7-8H2,1-2H3,(H,18,19)/t9-,11+/m1/s1. The molecule has 2 rings (SSSR count). The Hall–Kier alpha value is -2.28. The highest BCUT2D eigenvalue weighted by atomic mass is 16.5. The summed E-state index contributed by atoms with van der Waals surface area (Å²) in [5.41, 5.74) is 0.538. The molecule has 0 aliphatic carbocycles. The number of aliphatic carboxylic acids is 1. The van der Waals surface area contributed by atoms with Crippen molar-refractivity contribution in [1.82, 2.24) is 4.90 Å². The third-order valence-corrected chi connectivity index (χ3v) is 3.54. The number of benzene rings is 1. The van der Waals surface area contributed by atoms with Crippen LogP contribution in [-0.4, -0.2) is 60.0 Å². The first-order valence-corrected chi connectivity index (χ1v) is 6.54. The van der Waals surface area contributed by atoms with E-state index in [0.717, 1.165) is 0 Å². The van der Waals surface area contributed by atoms with Crippen LogP contribution in [0.15, 0.2) is 24.3 Å². The summed E-state index contributed by atoms with van der Waals surface area (Å²) in [6.07, 6.45) is -0.776. The molecular formula is C14H18N2O5. The van der Waals surface area contributed by atoms with E-state index in [1.165, 1.54) is 16.9 Å². The largest absolute Gasteiger partial charge is 0.495 e. The number of anilines is 1. The van der Waals surface area contributed by atoms with Crippen molar-refractivity contribution in [3.05, 3.63) is 24.3 Å². The van der Waals surface area contributed by atoms with Crippen LogP contribution in [0.1, 0.15) is 6.42 Å². The molecule has 1 aromatic rings. The summed E-state index contributed by atoms with van der Waals surface area (Å²) < 4.78 is 5.20. The lowest BCUT2D eigenvalue weighted by atomic mass is 10.2. The molecule has 0 unspecified atom stereocenters. The van der Waals surface area contributed by atoms with Crippen molar-refractivity contribution in [2.24, 2.45) is 0 Å². The van der Waals surface area contributed by atoms with E-state index in [-0.39, 0.29) is 13.0 Å². The fourth-order valence-electron chi connectivity index (χ4n) is 2.46. The van der Waals surface area contributed by atoms with Gasteiger partial charge in [-0.25, -0.2) is 9.59 Å². The average molecular weight is 294 g/mol. The SMILES string of the molecule is COc1ccccc1N(C)C(=O)N1C[C@H](O)C[C@H]1C(=O)O. The van der Waals surface area contributed by atoms with E-state index in [2.05, 4.69) is 0 Å². The molecule has 7 heteroatoms. The second kappa shape index (κ2) is 6.01. The van der Waals surface area contributed by atoms with Crippen molar-refractivity contribution in [3.8, 4) is 5.75 Å². The fraction of sp³-hybridized carbons (Fsp3) is 0.429. The van der Waals surface area contributed by atoms with Gasteiger partial charge in [0.1, 0.15) is 11.8 Å². The number of carboxylic acid groups (broad SMARTS) is 1. The number of aliphatic hydroxyl groups is 1. The van der Waals surface area contributed by atoms with Crippen molar-refractivity contribution in [3.63, 3.8) is 0 Å². The Balaban J connectivity index is 2.24. The summed E-state index contributed by atoms with van der Waals surface area (Å²) >= 11 is 0. The molecule has 0 saturated carbocycles. The number of urea groups is 1. The van der Waals surface area contributed by atoms with Crippen LogP contribution in [0.2, 0.25) is 0 Å². The molecule has 1 aliphatic rings. The Morgan fingerprint density at radius 1 is 1.38 bits per heavy atom. The van der Waals surface area contributed by atoms with Gasteiger partial charge in [0.2, 0.25) is 0 Å². The molecule has 0 aromatic heterocycles. The highest BCUT2D eigenvalue weighted by Gasteiger charge is 2.40. The Kier molecular flexibility index (Phi) is 4.32. The molecular weight excluding hydrogens is 276 g/mol. The molecule has 0 spiro atoms. The summed E-state index contributed by atoms with van der Waals surface area (Å²) in [6.45, 7) is 0.00922. The first kappa shape index (κ1) is 15.1. The summed E-state index contributed by atoms with van der Waals surface area (Å²) in [7, 11) is 3.04. The van der Waals surface area contributed by atoms with Crippen molar-refractivity contribution in [2.45, 2.75) is 18.6 Å². The van der Waals surface area contributed by atoms with Gasteiger partial charge in [0.25, 0.3) is 0 Å². The molecule has 0 bridgehead atoms. The lowest BCUT2D eigenvalue weighted by molar-refractivity contribution is -0.141. The van der Waals surface area contributed by atoms with Crippen LogP contribution in [0.3, 0.4) is 0 Å². The molecule has 7 nitrogen and oxygen atoms in total. The second-order valence-electron chi connectivity index (χ2n) is 4.91. The maximum absolute atomic E-state index is 12.5. The van der Waals surface area contributed by atoms with Gasteiger partial charge in [-0.3, -0.25) is 4.90 Å². The summed E-state index contributed by atoms with van der Waals surface area (Å²) in [5, 5.41) is 18.8. The van der Waals surface area contributed by atoms with Crippen LogP contribution < -0.4 is 9.64 Å². The van der Waals surface area contributed by atoms with Gasteiger partial charge >= 0.3 is 12.0 Å². The first-order chi connectivity index (χ1) is 9.95. The highest BCUT2D eigenvalue weighted by molar-refractivity contribution is 5.95. The number of nitrogens with zero attached hydrogens (tertiary/aromatic N) is 2. The number of carbonyl (C=O) groups is 2. The molecule has 1 aliphatic heterocycles.